The second-order valence-corrected chi connectivity index (χ2v) is 2.67. The molecule has 0 aliphatic carbocycles. The summed E-state index contributed by atoms with van der Waals surface area (Å²) in [6.07, 6.45) is 6.15. The third-order valence-corrected chi connectivity index (χ3v) is 1.96. The SMILES string of the molecule is C=CC1CC/C(=C\C)C(=C)O1. The quantitative estimate of drug-likeness (QED) is 0.522. The van der Waals surface area contributed by atoms with E-state index in [9.17, 15) is 0 Å². The van der Waals surface area contributed by atoms with Crippen LogP contribution in [0.4, 0.5) is 0 Å². The number of hydrogen-bond donors (Lipinski definition) is 0. The molecular formula is C10H14O. The molecule has 0 aromatic rings. The summed E-state index contributed by atoms with van der Waals surface area (Å²) < 4.78 is 5.46. The lowest BCUT2D eigenvalue weighted by molar-refractivity contribution is 0.134. The highest BCUT2D eigenvalue weighted by atomic mass is 16.5. The molecule has 1 atom stereocenters. The number of ether oxygens (including phenoxy) is 1. The van der Waals surface area contributed by atoms with E-state index in [0.29, 0.717) is 0 Å². The minimum atomic E-state index is 0.172. The normalized spacial score (nSPS) is 28.3. The maximum Gasteiger partial charge on any atom is 0.117 e. The van der Waals surface area contributed by atoms with Crippen molar-refractivity contribution < 1.29 is 4.74 Å². The molecule has 11 heavy (non-hydrogen) atoms. The first-order valence-electron chi connectivity index (χ1n) is 3.91. The van der Waals surface area contributed by atoms with Crippen LogP contribution in [0.25, 0.3) is 0 Å². The van der Waals surface area contributed by atoms with Gasteiger partial charge >= 0.3 is 0 Å². The zero-order valence-corrected chi connectivity index (χ0v) is 6.97. The molecule has 0 bridgehead atoms. The van der Waals surface area contributed by atoms with Crippen molar-refractivity contribution in [2.24, 2.45) is 0 Å². The van der Waals surface area contributed by atoms with Crippen LogP contribution in [-0.4, -0.2) is 6.10 Å². The standard InChI is InChI=1S/C10H14O/c1-4-9-6-7-10(5-2)11-8(9)3/h4-5,10H,2-3,6-7H2,1H3/b9-4+. The lowest BCUT2D eigenvalue weighted by Crippen LogP contribution is -2.15. The van der Waals surface area contributed by atoms with E-state index in [0.717, 1.165) is 18.6 Å². The molecule has 1 fully saturated rings. The summed E-state index contributed by atoms with van der Waals surface area (Å²) in [5.41, 5.74) is 1.23. The number of allylic oxidation sites excluding steroid dienone is 2. The van der Waals surface area contributed by atoms with Crippen LogP contribution in [0.3, 0.4) is 0 Å². The topological polar surface area (TPSA) is 9.23 Å². The summed E-state index contributed by atoms with van der Waals surface area (Å²) in [5, 5.41) is 0. The smallest absolute Gasteiger partial charge is 0.117 e. The molecule has 0 aromatic heterocycles. The zero-order valence-electron chi connectivity index (χ0n) is 6.97. The van der Waals surface area contributed by atoms with Crippen molar-refractivity contribution in [1.82, 2.24) is 0 Å². The van der Waals surface area contributed by atoms with E-state index >= 15 is 0 Å². The summed E-state index contributed by atoms with van der Waals surface area (Å²) >= 11 is 0. The molecule has 1 unspecified atom stereocenters. The third-order valence-electron chi connectivity index (χ3n) is 1.96. The lowest BCUT2D eigenvalue weighted by Gasteiger charge is -2.24. The molecule has 1 nitrogen and oxygen atoms in total. The molecule has 1 saturated heterocycles. The summed E-state index contributed by atoms with van der Waals surface area (Å²) in [5.74, 6) is 0.809. The summed E-state index contributed by atoms with van der Waals surface area (Å²) in [4.78, 5) is 0. The van der Waals surface area contributed by atoms with Crippen molar-refractivity contribution in [3.8, 4) is 0 Å². The van der Waals surface area contributed by atoms with E-state index < -0.39 is 0 Å². The van der Waals surface area contributed by atoms with E-state index in [-0.39, 0.29) is 6.10 Å². The molecule has 0 radical (unpaired) electrons. The maximum absolute atomic E-state index is 5.46. The van der Waals surface area contributed by atoms with Gasteiger partial charge in [-0.25, -0.2) is 0 Å². The van der Waals surface area contributed by atoms with Gasteiger partial charge in [-0.05, 0) is 25.3 Å². The first-order chi connectivity index (χ1) is 5.27. The molecule has 1 heterocycles. The minimum Gasteiger partial charge on any atom is -0.487 e. The van der Waals surface area contributed by atoms with Crippen molar-refractivity contribution in [3.63, 3.8) is 0 Å². The van der Waals surface area contributed by atoms with Gasteiger partial charge in [-0.2, -0.15) is 0 Å². The average molecular weight is 150 g/mol. The van der Waals surface area contributed by atoms with E-state index in [1.165, 1.54) is 5.57 Å². The second kappa shape index (κ2) is 3.42. The van der Waals surface area contributed by atoms with E-state index in [1.807, 2.05) is 13.0 Å². The Bertz CT molecular complexity index is 201. The molecule has 1 rings (SSSR count). The van der Waals surface area contributed by atoms with E-state index in [2.05, 4.69) is 19.2 Å². The first-order valence-corrected chi connectivity index (χ1v) is 3.91. The van der Waals surface area contributed by atoms with Gasteiger partial charge in [0.2, 0.25) is 0 Å². The van der Waals surface area contributed by atoms with Gasteiger partial charge in [-0.15, -0.1) is 0 Å². The molecule has 0 spiro atoms. The maximum atomic E-state index is 5.46. The van der Waals surface area contributed by atoms with Crippen LogP contribution in [0, 0.1) is 0 Å². The highest BCUT2D eigenvalue weighted by Gasteiger charge is 2.16. The molecule has 0 N–H and O–H groups in total. The van der Waals surface area contributed by atoms with Gasteiger partial charge in [0.05, 0.1) is 0 Å². The van der Waals surface area contributed by atoms with Gasteiger partial charge in [0.15, 0.2) is 0 Å². The predicted molar refractivity (Wildman–Crippen MR) is 47.2 cm³/mol. The Balaban J connectivity index is 2.61. The zero-order chi connectivity index (χ0) is 8.27. The third kappa shape index (κ3) is 1.73. The fourth-order valence-corrected chi connectivity index (χ4v) is 1.23. The van der Waals surface area contributed by atoms with Gasteiger partial charge in [-0.1, -0.05) is 25.3 Å². The molecule has 1 aliphatic heterocycles. The van der Waals surface area contributed by atoms with Gasteiger partial charge < -0.3 is 4.74 Å². The Morgan fingerprint density at radius 2 is 2.36 bits per heavy atom. The van der Waals surface area contributed by atoms with E-state index in [4.69, 9.17) is 4.74 Å². The molecular weight excluding hydrogens is 136 g/mol. The Morgan fingerprint density at radius 1 is 1.64 bits per heavy atom. The Hall–Kier alpha value is -0.980. The Kier molecular flexibility index (Phi) is 2.53. The van der Waals surface area contributed by atoms with Crippen LogP contribution in [0.15, 0.2) is 36.6 Å². The van der Waals surface area contributed by atoms with Crippen molar-refractivity contribution in [3.05, 3.63) is 36.6 Å². The number of rotatable bonds is 1. The molecule has 0 amide bonds. The molecule has 1 heteroatoms. The molecule has 60 valence electrons. The van der Waals surface area contributed by atoms with Crippen LogP contribution in [-0.2, 0) is 4.74 Å². The van der Waals surface area contributed by atoms with Gasteiger partial charge in [0.1, 0.15) is 11.9 Å². The molecule has 0 saturated carbocycles. The highest BCUT2D eigenvalue weighted by Crippen LogP contribution is 2.26. The van der Waals surface area contributed by atoms with Crippen molar-refractivity contribution in [1.29, 1.82) is 0 Å². The van der Waals surface area contributed by atoms with Crippen LogP contribution in [0.2, 0.25) is 0 Å². The largest absolute Gasteiger partial charge is 0.487 e. The Morgan fingerprint density at radius 3 is 2.82 bits per heavy atom. The van der Waals surface area contributed by atoms with Gasteiger partial charge in [-0.3, -0.25) is 0 Å². The van der Waals surface area contributed by atoms with Crippen molar-refractivity contribution in [2.75, 3.05) is 0 Å². The predicted octanol–water partition coefficient (Wildman–Crippen LogP) is 2.81. The summed E-state index contributed by atoms with van der Waals surface area (Å²) in [6.45, 7) is 9.52. The Labute approximate surface area is 68.1 Å². The minimum absolute atomic E-state index is 0.172. The first kappa shape index (κ1) is 8.12. The van der Waals surface area contributed by atoms with Crippen molar-refractivity contribution in [2.45, 2.75) is 25.9 Å². The van der Waals surface area contributed by atoms with Crippen LogP contribution < -0.4 is 0 Å². The fourth-order valence-electron chi connectivity index (χ4n) is 1.23. The van der Waals surface area contributed by atoms with Gasteiger partial charge in [0, 0.05) is 0 Å². The van der Waals surface area contributed by atoms with Crippen molar-refractivity contribution >= 4 is 0 Å². The second-order valence-electron chi connectivity index (χ2n) is 2.67. The lowest BCUT2D eigenvalue weighted by atomic mass is 10.0. The molecule has 0 aromatic carbocycles. The fraction of sp³-hybridized carbons (Fsp3) is 0.400. The van der Waals surface area contributed by atoms with Crippen LogP contribution in [0.1, 0.15) is 19.8 Å². The van der Waals surface area contributed by atoms with Crippen LogP contribution in [0.5, 0.6) is 0 Å². The summed E-state index contributed by atoms with van der Waals surface area (Å²) in [6, 6.07) is 0. The highest BCUT2D eigenvalue weighted by molar-refractivity contribution is 5.25. The van der Waals surface area contributed by atoms with Crippen LogP contribution >= 0.6 is 0 Å². The summed E-state index contributed by atoms with van der Waals surface area (Å²) in [7, 11) is 0. The molecule has 1 aliphatic rings. The average Bonchev–Trinajstić information content (AvgIpc) is 2.04. The monoisotopic (exact) mass is 150 g/mol. The number of hydrogen-bond acceptors (Lipinski definition) is 1. The van der Waals surface area contributed by atoms with E-state index in [1.54, 1.807) is 0 Å². The van der Waals surface area contributed by atoms with Gasteiger partial charge in [0.25, 0.3) is 0 Å².